The molecule has 0 spiro atoms. The molecule has 0 bridgehead atoms. The Morgan fingerprint density at radius 1 is 1.26 bits per heavy atom. The highest BCUT2D eigenvalue weighted by Gasteiger charge is 2.35. The number of hydrogen-bond donors (Lipinski definition) is 0. The molecule has 0 saturated heterocycles. The summed E-state index contributed by atoms with van der Waals surface area (Å²) in [6.07, 6.45) is -4.74. The summed E-state index contributed by atoms with van der Waals surface area (Å²) in [5, 5.41) is 9.24. The van der Waals surface area contributed by atoms with E-state index in [1.807, 2.05) is 0 Å². The lowest BCUT2D eigenvalue weighted by Gasteiger charge is -2.07. The van der Waals surface area contributed by atoms with Gasteiger partial charge < -0.3 is 0 Å². The topological polar surface area (TPSA) is 43.1 Å². The van der Waals surface area contributed by atoms with Crippen molar-refractivity contribution in [3.05, 3.63) is 43.8 Å². The second-order valence-corrected chi connectivity index (χ2v) is 6.14. The minimum absolute atomic E-state index is 0.183. The predicted molar refractivity (Wildman–Crippen MR) is 71.3 cm³/mol. The minimum Gasteiger partial charge on any atom is -0.258 e. The Morgan fingerprint density at radius 2 is 1.84 bits per heavy atom. The Bertz CT molecular complexity index is 522. The smallest absolute Gasteiger partial charge is 0.258 e. The van der Waals surface area contributed by atoms with Crippen LogP contribution in [0.15, 0.2) is 38.6 Å². The maximum atomic E-state index is 12.2. The fourth-order valence-electron chi connectivity index (χ4n) is 0.908. The van der Waals surface area contributed by atoms with E-state index in [-0.39, 0.29) is 10.6 Å². The number of nitro groups is 1. The molecule has 0 unspecified atom stereocenters. The van der Waals surface area contributed by atoms with Gasteiger partial charge in [-0.25, -0.2) is 0 Å². The number of nitrogens with zero attached hydrogens (tertiary/aromatic N) is 1. The van der Waals surface area contributed by atoms with Crippen molar-refractivity contribution in [2.75, 3.05) is 0 Å². The van der Waals surface area contributed by atoms with Gasteiger partial charge in [-0.2, -0.15) is 13.2 Å². The first-order valence-electron chi connectivity index (χ1n) is 4.44. The SMILES string of the molecule is O=[N+]([O-])c1ccccc1SS/C(Cl)=C(\Cl)C(F)(F)F. The number of nitro benzene ring substituents is 1. The molecule has 1 aromatic rings. The monoisotopic (exact) mass is 349 g/mol. The van der Waals surface area contributed by atoms with Gasteiger partial charge in [0.1, 0.15) is 9.40 Å². The molecule has 0 saturated carbocycles. The van der Waals surface area contributed by atoms with Crippen molar-refractivity contribution in [1.29, 1.82) is 0 Å². The zero-order valence-corrected chi connectivity index (χ0v) is 11.9. The van der Waals surface area contributed by atoms with Crippen LogP contribution in [0.3, 0.4) is 0 Å². The number of hydrogen-bond acceptors (Lipinski definition) is 4. The summed E-state index contributed by atoms with van der Waals surface area (Å²) in [4.78, 5) is 10.2. The third-order valence-electron chi connectivity index (χ3n) is 1.69. The number of alkyl halides is 3. The Hall–Kier alpha value is -0.570. The Labute approximate surface area is 123 Å². The number of rotatable bonds is 4. The van der Waals surface area contributed by atoms with Gasteiger partial charge in [0, 0.05) is 6.07 Å². The molecular weight excluding hydrogens is 346 g/mol. The molecule has 0 radical (unpaired) electrons. The molecule has 0 aromatic heterocycles. The first kappa shape index (κ1) is 16.5. The van der Waals surface area contributed by atoms with Gasteiger partial charge in [-0.05, 0) is 27.7 Å². The molecule has 0 N–H and O–H groups in total. The lowest BCUT2D eigenvalue weighted by molar-refractivity contribution is -0.387. The van der Waals surface area contributed by atoms with Crippen LogP contribution < -0.4 is 0 Å². The van der Waals surface area contributed by atoms with Crippen molar-refractivity contribution in [1.82, 2.24) is 0 Å². The fourth-order valence-corrected chi connectivity index (χ4v) is 3.43. The molecule has 0 aliphatic rings. The van der Waals surface area contributed by atoms with Crippen LogP contribution in [0.1, 0.15) is 0 Å². The lowest BCUT2D eigenvalue weighted by atomic mass is 10.3. The molecule has 0 aliphatic carbocycles. The normalized spacial score (nSPS) is 13.1. The van der Waals surface area contributed by atoms with Crippen molar-refractivity contribution in [2.24, 2.45) is 0 Å². The van der Waals surface area contributed by atoms with E-state index >= 15 is 0 Å². The van der Waals surface area contributed by atoms with E-state index in [1.165, 1.54) is 24.3 Å². The fraction of sp³-hybridized carbons (Fsp3) is 0.111. The molecule has 10 heteroatoms. The first-order valence-corrected chi connectivity index (χ1v) is 7.34. The van der Waals surface area contributed by atoms with E-state index in [4.69, 9.17) is 23.2 Å². The zero-order valence-electron chi connectivity index (χ0n) is 8.78. The zero-order chi connectivity index (χ0) is 14.6. The third-order valence-corrected chi connectivity index (χ3v) is 5.24. The van der Waals surface area contributed by atoms with E-state index in [2.05, 4.69) is 0 Å². The Kier molecular flexibility index (Phi) is 5.84. The molecule has 0 amide bonds. The summed E-state index contributed by atoms with van der Waals surface area (Å²) in [5.41, 5.74) is -0.215. The highest BCUT2D eigenvalue weighted by atomic mass is 35.5. The van der Waals surface area contributed by atoms with Crippen LogP contribution in [-0.2, 0) is 0 Å². The summed E-state index contributed by atoms with van der Waals surface area (Å²) in [5.74, 6) is 0. The largest absolute Gasteiger partial charge is 0.428 e. The molecule has 3 nitrogen and oxygen atoms in total. The van der Waals surface area contributed by atoms with Crippen molar-refractivity contribution >= 4 is 50.5 Å². The summed E-state index contributed by atoms with van der Waals surface area (Å²) >= 11 is 10.4. The van der Waals surface area contributed by atoms with Gasteiger partial charge in [-0.3, -0.25) is 10.1 Å². The maximum Gasteiger partial charge on any atom is 0.428 e. The molecule has 19 heavy (non-hydrogen) atoms. The van der Waals surface area contributed by atoms with E-state index in [9.17, 15) is 23.3 Å². The van der Waals surface area contributed by atoms with Gasteiger partial charge in [-0.15, -0.1) is 0 Å². The van der Waals surface area contributed by atoms with Crippen molar-refractivity contribution in [3.63, 3.8) is 0 Å². The molecule has 104 valence electrons. The molecule has 0 atom stereocenters. The minimum atomic E-state index is -4.74. The first-order chi connectivity index (χ1) is 8.73. The second-order valence-electron chi connectivity index (χ2n) is 2.98. The van der Waals surface area contributed by atoms with E-state index in [0.717, 1.165) is 10.8 Å². The standard InChI is InChI=1S/C9H4Cl2F3NO2S2/c10-7(9(12,13)14)8(11)19-18-6-4-2-1-3-5(6)15(16)17/h1-4H/b8-7-. The van der Waals surface area contributed by atoms with Crippen LogP contribution in [0.2, 0.25) is 0 Å². The van der Waals surface area contributed by atoms with Crippen LogP contribution in [0.25, 0.3) is 0 Å². The van der Waals surface area contributed by atoms with E-state index in [0.29, 0.717) is 10.8 Å². The van der Waals surface area contributed by atoms with E-state index < -0.39 is 20.5 Å². The van der Waals surface area contributed by atoms with Crippen LogP contribution in [-0.4, -0.2) is 11.1 Å². The summed E-state index contributed by atoms with van der Waals surface area (Å²) < 4.78 is 36.0. The molecule has 0 fully saturated rings. The predicted octanol–water partition coefficient (Wildman–Crippen LogP) is 5.54. The average molecular weight is 350 g/mol. The number of allylic oxidation sites excluding steroid dienone is 1. The molecule has 0 aliphatic heterocycles. The van der Waals surface area contributed by atoms with Gasteiger partial charge in [0.15, 0.2) is 0 Å². The van der Waals surface area contributed by atoms with Crippen LogP contribution in [0.4, 0.5) is 18.9 Å². The Balaban J connectivity index is 2.87. The van der Waals surface area contributed by atoms with Gasteiger partial charge in [-0.1, -0.05) is 35.3 Å². The molecular formula is C9H4Cl2F3NO2S2. The van der Waals surface area contributed by atoms with E-state index in [1.54, 1.807) is 0 Å². The van der Waals surface area contributed by atoms with Gasteiger partial charge >= 0.3 is 6.18 Å². The maximum absolute atomic E-state index is 12.2. The van der Waals surface area contributed by atoms with Crippen molar-refractivity contribution < 1.29 is 18.1 Å². The third kappa shape index (κ3) is 4.79. The lowest BCUT2D eigenvalue weighted by Crippen LogP contribution is -2.07. The molecule has 0 heterocycles. The van der Waals surface area contributed by atoms with Gasteiger partial charge in [0.25, 0.3) is 5.69 Å². The average Bonchev–Trinajstić information content (AvgIpc) is 2.34. The van der Waals surface area contributed by atoms with Crippen LogP contribution in [0.5, 0.6) is 0 Å². The van der Waals surface area contributed by atoms with Crippen LogP contribution >= 0.6 is 44.8 Å². The van der Waals surface area contributed by atoms with Crippen LogP contribution in [0, 0.1) is 10.1 Å². The number of para-hydroxylation sites is 1. The summed E-state index contributed by atoms with van der Waals surface area (Å²) in [6.45, 7) is 0. The van der Waals surface area contributed by atoms with Gasteiger partial charge in [0.2, 0.25) is 0 Å². The van der Waals surface area contributed by atoms with Crippen molar-refractivity contribution in [2.45, 2.75) is 11.1 Å². The highest BCUT2D eigenvalue weighted by Crippen LogP contribution is 2.46. The highest BCUT2D eigenvalue weighted by molar-refractivity contribution is 8.78. The number of halogens is 5. The molecule has 1 aromatic carbocycles. The Morgan fingerprint density at radius 3 is 2.37 bits per heavy atom. The number of benzene rings is 1. The quantitative estimate of drug-likeness (QED) is 0.406. The summed E-state index contributed by atoms with van der Waals surface area (Å²) in [7, 11) is 1.23. The van der Waals surface area contributed by atoms with Crippen molar-refractivity contribution in [3.8, 4) is 0 Å². The van der Waals surface area contributed by atoms with Gasteiger partial charge in [0.05, 0.1) is 9.82 Å². The molecule has 1 rings (SSSR count). The second kappa shape index (κ2) is 6.74. The summed E-state index contributed by atoms with van der Waals surface area (Å²) in [6, 6.07) is 5.62.